The lowest BCUT2D eigenvalue weighted by Crippen LogP contribution is -2.30. The van der Waals surface area contributed by atoms with Gasteiger partial charge in [0.05, 0.1) is 12.2 Å². The fourth-order valence-corrected chi connectivity index (χ4v) is 3.56. The van der Waals surface area contributed by atoms with Crippen molar-refractivity contribution in [3.05, 3.63) is 42.2 Å². The maximum absolute atomic E-state index is 6.61. The molecule has 0 bridgehead atoms. The van der Waals surface area contributed by atoms with Crippen LogP contribution in [0, 0.1) is 11.8 Å². The summed E-state index contributed by atoms with van der Waals surface area (Å²) < 4.78 is 5.95. The molecule has 2 heterocycles. The highest BCUT2D eigenvalue weighted by molar-refractivity contribution is 5.85. The molecule has 3 nitrogen and oxygen atoms in total. The van der Waals surface area contributed by atoms with Crippen molar-refractivity contribution in [2.24, 2.45) is 17.6 Å². The Balaban J connectivity index is 2.03. The number of rotatable bonds is 2. The predicted molar refractivity (Wildman–Crippen MR) is 81.3 cm³/mol. The molecule has 0 radical (unpaired) electrons. The third-order valence-electron chi connectivity index (χ3n) is 4.81. The van der Waals surface area contributed by atoms with Crippen LogP contribution in [-0.4, -0.2) is 17.2 Å². The van der Waals surface area contributed by atoms with E-state index in [0.29, 0.717) is 11.8 Å². The van der Waals surface area contributed by atoms with E-state index in [-0.39, 0.29) is 18.2 Å². The van der Waals surface area contributed by atoms with Crippen LogP contribution in [-0.2, 0) is 4.74 Å². The van der Waals surface area contributed by atoms with Gasteiger partial charge in [-0.25, -0.2) is 0 Å². The largest absolute Gasteiger partial charge is 0.375 e. The summed E-state index contributed by atoms with van der Waals surface area (Å²) in [5, 5.41) is 2.35. The molecule has 0 saturated carbocycles. The van der Waals surface area contributed by atoms with Crippen LogP contribution in [0.4, 0.5) is 0 Å². The number of ether oxygens (including phenoxy) is 1. The molecule has 5 atom stereocenters. The lowest BCUT2D eigenvalue weighted by Gasteiger charge is -2.27. The van der Waals surface area contributed by atoms with Crippen molar-refractivity contribution >= 4 is 10.8 Å². The minimum Gasteiger partial charge on any atom is -0.375 e. The van der Waals surface area contributed by atoms with Crippen LogP contribution in [0.3, 0.4) is 0 Å². The summed E-state index contributed by atoms with van der Waals surface area (Å²) in [5.74, 6) is 0.820. The SMILES string of the molecule is CC1OC(C)C(C(N)c2cccc3cnccc23)C1C. The van der Waals surface area contributed by atoms with E-state index in [1.807, 2.05) is 12.4 Å². The number of pyridine rings is 1. The monoisotopic (exact) mass is 270 g/mol. The smallest absolute Gasteiger partial charge is 0.0600 e. The molecule has 1 aromatic carbocycles. The summed E-state index contributed by atoms with van der Waals surface area (Å²) in [6, 6.07) is 8.33. The molecule has 3 heteroatoms. The second kappa shape index (κ2) is 5.15. The van der Waals surface area contributed by atoms with Crippen molar-refractivity contribution < 1.29 is 4.74 Å². The second-order valence-electron chi connectivity index (χ2n) is 5.95. The van der Waals surface area contributed by atoms with Gasteiger partial charge in [-0.1, -0.05) is 25.1 Å². The van der Waals surface area contributed by atoms with Gasteiger partial charge in [0.2, 0.25) is 0 Å². The summed E-state index contributed by atoms with van der Waals surface area (Å²) in [7, 11) is 0. The summed E-state index contributed by atoms with van der Waals surface area (Å²) in [6.07, 6.45) is 4.20. The van der Waals surface area contributed by atoms with E-state index in [9.17, 15) is 0 Å². The van der Waals surface area contributed by atoms with Crippen LogP contribution < -0.4 is 5.73 Å². The maximum atomic E-state index is 6.61. The molecule has 106 valence electrons. The lowest BCUT2D eigenvalue weighted by molar-refractivity contribution is 0.0490. The fraction of sp³-hybridized carbons (Fsp3) is 0.471. The summed E-state index contributed by atoms with van der Waals surface area (Å²) in [6.45, 7) is 6.52. The minimum absolute atomic E-state index is 0.00366. The van der Waals surface area contributed by atoms with E-state index in [1.165, 1.54) is 10.9 Å². The molecule has 0 amide bonds. The minimum atomic E-state index is -0.00366. The summed E-state index contributed by atoms with van der Waals surface area (Å²) >= 11 is 0. The average Bonchev–Trinajstić information content (AvgIpc) is 2.71. The number of hydrogen-bond acceptors (Lipinski definition) is 3. The molecule has 2 N–H and O–H groups in total. The molecule has 2 aromatic rings. The second-order valence-corrected chi connectivity index (χ2v) is 5.95. The van der Waals surface area contributed by atoms with Gasteiger partial charge in [-0.05, 0) is 36.8 Å². The number of nitrogens with zero attached hydrogens (tertiary/aromatic N) is 1. The lowest BCUT2D eigenvalue weighted by atomic mass is 9.80. The molecule has 1 aliphatic heterocycles. The Morgan fingerprint density at radius 3 is 2.65 bits per heavy atom. The number of aromatic nitrogens is 1. The number of fused-ring (bicyclic) bond motifs is 1. The highest BCUT2D eigenvalue weighted by Crippen LogP contribution is 2.40. The maximum Gasteiger partial charge on any atom is 0.0600 e. The zero-order chi connectivity index (χ0) is 14.3. The summed E-state index contributed by atoms with van der Waals surface area (Å²) in [5.41, 5.74) is 7.81. The standard InChI is InChI=1S/C17H22N2O/c1-10-11(2)20-12(3)16(10)17(18)15-6-4-5-13-9-19-8-7-14(13)15/h4-12,16-17H,18H2,1-3H3. The highest BCUT2D eigenvalue weighted by Gasteiger charge is 2.41. The van der Waals surface area contributed by atoms with E-state index >= 15 is 0 Å². The molecular formula is C17H22N2O. The first-order valence-corrected chi connectivity index (χ1v) is 7.33. The Morgan fingerprint density at radius 1 is 1.15 bits per heavy atom. The molecule has 20 heavy (non-hydrogen) atoms. The zero-order valence-corrected chi connectivity index (χ0v) is 12.3. The van der Waals surface area contributed by atoms with Crippen molar-refractivity contribution in [2.45, 2.75) is 39.0 Å². The molecule has 1 saturated heterocycles. The van der Waals surface area contributed by atoms with Gasteiger partial charge >= 0.3 is 0 Å². The number of benzene rings is 1. The fourth-order valence-electron chi connectivity index (χ4n) is 3.56. The molecule has 0 aliphatic carbocycles. The molecular weight excluding hydrogens is 248 g/mol. The normalized spacial score (nSPS) is 31.6. The molecule has 0 spiro atoms. The van der Waals surface area contributed by atoms with Gasteiger partial charge in [-0.3, -0.25) is 4.98 Å². The summed E-state index contributed by atoms with van der Waals surface area (Å²) in [4.78, 5) is 4.19. The Kier molecular flexibility index (Phi) is 3.48. The molecule has 1 fully saturated rings. The topological polar surface area (TPSA) is 48.1 Å². The van der Waals surface area contributed by atoms with Crippen LogP contribution in [0.1, 0.15) is 32.4 Å². The first kappa shape index (κ1) is 13.5. The van der Waals surface area contributed by atoms with Crippen molar-refractivity contribution in [3.63, 3.8) is 0 Å². The van der Waals surface area contributed by atoms with Gasteiger partial charge in [0.25, 0.3) is 0 Å². The Bertz CT molecular complexity index is 607. The van der Waals surface area contributed by atoms with Crippen molar-refractivity contribution in [3.8, 4) is 0 Å². The van der Waals surface area contributed by atoms with Crippen LogP contribution in [0.2, 0.25) is 0 Å². The first-order chi connectivity index (χ1) is 9.59. The third-order valence-corrected chi connectivity index (χ3v) is 4.81. The highest BCUT2D eigenvalue weighted by atomic mass is 16.5. The number of nitrogens with two attached hydrogens (primary N) is 1. The molecule has 1 aromatic heterocycles. The first-order valence-electron chi connectivity index (χ1n) is 7.33. The van der Waals surface area contributed by atoms with Crippen LogP contribution in [0.25, 0.3) is 10.8 Å². The molecule has 3 rings (SSSR count). The Hall–Kier alpha value is -1.45. The van der Waals surface area contributed by atoms with E-state index in [1.54, 1.807) is 0 Å². The molecule has 5 unspecified atom stereocenters. The number of hydrogen-bond donors (Lipinski definition) is 1. The van der Waals surface area contributed by atoms with Gasteiger partial charge < -0.3 is 10.5 Å². The predicted octanol–water partition coefficient (Wildman–Crippen LogP) is 3.29. The van der Waals surface area contributed by atoms with E-state index in [0.717, 1.165) is 5.39 Å². The van der Waals surface area contributed by atoms with Crippen molar-refractivity contribution in [1.82, 2.24) is 4.98 Å². The van der Waals surface area contributed by atoms with Crippen molar-refractivity contribution in [1.29, 1.82) is 0 Å². The van der Waals surface area contributed by atoms with E-state index in [2.05, 4.69) is 50.0 Å². The average molecular weight is 270 g/mol. The van der Waals surface area contributed by atoms with Crippen molar-refractivity contribution in [2.75, 3.05) is 0 Å². The quantitative estimate of drug-likeness (QED) is 0.911. The van der Waals surface area contributed by atoms with Crippen LogP contribution in [0.5, 0.6) is 0 Å². The third kappa shape index (κ3) is 2.11. The van der Waals surface area contributed by atoms with E-state index < -0.39 is 0 Å². The van der Waals surface area contributed by atoms with Gasteiger partial charge in [0, 0.05) is 29.7 Å². The van der Waals surface area contributed by atoms with Gasteiger partial charge in [0.15, 0.2) is 0 Å². The Morgan fingerprint density at radius 2 is 1.95 bits per heavy atom. The van der Waals surface area contributed by atoms with Gasteiger partial charge in [0.1, 0.15) is 0 Å². The van der Waals surface area contributed by atoms with Crippen LogP contribution >= 0.6 is 0 Å². The molecule has 1 aliphatic rings. The Labute approximate surface area is 120 Å². The van der Waals surface area contributed by atoms with Crippen LogP contribution in [0.15, 0.2) is 36.7 Å². The van der Waals surface area contributed by atoms with Gasteiger partial charge in [-0.15, -0.1) is 0 Å². The zero-order valence-electron chi connectivity index (χ0n) is 12.3. The van der Waals surface area contributed by atoms with Gasteiger partial charge in [-0.2, -0.15) is 0 Å². The van der Waals surface area contributed by atoms with E-state index in [4.69, 9.17) is 10.5 Å².